The molecule has 1 aliphatic rings. The summed E-state index contributed by atoms with van der Waals surface area (Å²) in [6.07, 6.45) is 4.45. The highest BCUT2D eigenvalue weighted by atomic mass is 32.2. The van der Waals surface area contributed by atoms with Crippen molar-refractivity contribution < 1.29 is 13.2 Å². The summed E-state index contributed by atoms with van der Waals surface area (Å²) < 4.78 is 27.1. The molecule has 0 radical (unpaired) electrons. The molecule has 174 valence electrons. The van der Waals surface area contributed by atoms with Crippen LogP contribution in [0.25, 0.3) is 11.3 Å². The fraction of sp³-hybridized carbons (Fsp3) is 0.360. The molecule has 1 amide bonds. The Bertz CT molecular complexity index is 1230. The normalized spacial score (nSPS) is 17.1. The van der Waals surface area contributed by atoms with Crippen LogP contribution in [0.2, 0.25) is 0 Å². The molecule has 1 unspecified atom stereocenters. The van der Waals surface area contributed by atoms with E-state index in [4.69, 9.17) is 5.10 Å². The molecule has 33 heavy (non-hydrogen) atoms. The van der Waals surface area contributed by atoms with Gasteiger partial charge in [-0.15, -0.1) is 0 Å². The standard InChI is InChI=1S/C25H30N4O3S/c1-18-6-10-20(11-7-18)15-28-17-23(24(27-28)21-12-8-19(2)9-13-21)25(30)26-22-5-4-14-29(16-22)33(3,31)32/h6-13,17,22H,4-5,14-16H2,1-3H3,(H,26,30). The van der Waals surface area contributed by atoms with Gasteiger partial charge in [0.2, 0.25) is 10.0 Å². The van der Waals surface area contributed by atoms with Crippen molar-refractivity contribution >= 4 is 15.9 Å². The van der Waals surface area contributed by atoms with E-state index in [0.29, 0.717) is 30.9 Å². The zero-order valence-corrected chi connectivity index (χ0v) is 20.1. The van der Waals surface area contributed by atoms with E-state index in [1.54, 1.807) is 10.9 Å². The molecule has 2 heterocycles. The molecule has 1 N–H and O–H groups in total. The molecular formula is C25H30N4O3S. The number of hydrogen-bond donors (Lipinski definition) is 1. The maximum Gasteiger partial charge on any atom is 0.255 e. The van der Waals surface area contributed by atoms with E-state index in [0.717, 1.165) is 29.5 Å². The number of sulfonamides is 1. The zero-order valence-electron chi connectivity index (χ0n) is 19.3. The maximum atomic E-state index is 13.3. The average Bonchev–Trinajstić information content (AvgIpc) is 3.19. The SMILES string of the molecule is Cc1ccc(Cn2cc(C(=O)NC3CCCN(S(C)(=O)=O)C3)c(-c3ccc(C)cc3)n2)cc1. The number of nitrogens with zero attached hydrogens (tertiary/aromatic N) is 3. The first-order valence-corrected chi connectivity index (χ1v) is 13.0. The molecule has 7 nitrogen and oxygen atoms in total. The minimum absolute atomic E-state index is 0.229. The van der Waals surface area contributed by atoms with Crippen LogP contribution in [0, 0.1) is 13.8 Å². The number of amides is 1. The van der Waals surface area contributed by atoms with Crippen LogP contribution in [-0.2, 0) is 16.6 Å². The minimum atomic E-state index is -3.28. The van der Waals surface area contributed by atoms with E-state index < -0.39 is 10.0 Å². The van der Waals surface area contributed by atoms with E-state index in [-0.39, 0.29) is 11.9 Å². The molecule has 1 saturated heterocycles. The van der Waals surface area contributed by atoms with E-state index >= 15 is 0 Å². The van der Waals surface area contributed by atoms with E-state index in [2.05, 4.69) is 29.6 Å². The van der Waals surface area contributed by atoms with Crippen molar-refractivity contribution in [3.8, 4) is 11.3 Å². The van der Waals surface area contributed by atoms with Gasteiger partial charge in [0.1, 0.15) is 5.69 Å². The summed E-state index contributed by atoms with van der Waals surface area (Å²) in [6.45, 7) is 5.41. The fourth-order valence-electron chi connectivity index (χ4n) is 4.10. The number of hydrogen-bond acceptors (Lipinski definition) is 4. The van der Waals surface area contributed by atoms with Crippen LogP contribution < -0.4 is 5.32 Å². The van der Waals surface area contributed by atoms with Crippen molar-refractivity contribution in [1.29, 1.82) is 0 Å². The Morgan fingerprint density at radius 3 is 2.33 bits per heavy atom. The lowest BCUT2D eigenvalue weighted by Gasteiger charge is -2.31. The molecule has 0 bridgehead atoms. The van der Waals surface area contributed by atoms with Crippen molar-refractivity contribution in [2.75, 3.05) is 19.3 Å². The summed E-state index contributed by atoms with van der Waals surface area (Å²) in [5.41, 5.74) is 5.40. The number of rotatable bonds is 6. The van der Waals surface area contributed by atoms with Crippen LogP contribution in [0.4, 0.5) is 0 Å². The van der Waals surface area contributed by atoms with Crippen molar-refractivity contribution in [2.24, 2.45) is 0 Å². The Morgan fingerprint density at radius 2 is 1.70 bits per heavy atom. The van der Waals surface area contributed by atoms with Gasteiger partial charge in [-0.1, -0.05) is 59.7 Å². The lowest BCUT2D eigenvalue weighted by molar-refractivity contribution is 0.0922. The van der Waals surface area contributed by atoms with Crippen molar-refractivity contribution in [3.05, 3.63) is 77.0 Å². The minimum Gasteiger partial charge on any atom is -0.348 e. The Labute approximate surface area is 195 Å². The third kappa shape index (κ3) is 5.69. The number of aryl methyl sites for hydroxylation is 2. The smallest absolute Gasteiger partial charge is 0.255 e. The molecule has 1 fully saturated rings. The number of nitrogens with one attached hydrogen (secondary N) is 1. The van der Waals surface area contributed by atoms with Gasteiger partial charge < -0.3 is 5.32 Å². The molecule has 4 rings (SSSR count). The van der Waals surface area contributed by atoms with Crippen molar-refractivity contribution in [2.45, 2.75) is 39.3 Å². The third-order valence-electron chi connectivity index (χ3n) is 5.98. The van der Waals surface area contributed by atoms with Gasteiger partial charge in [-0.25, -0.2) is 12.7 Å². The number of piperidine rings is 1. The number of aromatic nitrogens is 2. The van der Waals surface area contributed by atoms with Crippen LogP contribution >= 0.6 is 0 Å². The third-order valence-corrected chi connectivity index (χ3v) is 7.25. The zero-order chi connectivity index (χ0) is 23.6. The lowest BCUT2D eigenvalue weighted by Crippen LogP contribution is -2.49. The Kier molecular flexibility index (Phi) is 6.67. The highest BCUT2D eigenvalue weighted by Gasteiger charge is 2.28. The van der Waals surface area contributed by atoms with Gasteiger partial charge in [0.05, 0.1) is 18.4 Å². The first-order chi connectivity index (χ1) is 15.7. The number of carbonyl (C=O) groups is 1. The van der Waals surface area contributed by atoms with E-state index in [1.165, 1.54) is 16.1 Å². The molecule has 1 aliphatic heterocycles. The highest BCUT2D eigenvalue weighted by Crippen LogP contribution is 2.24. The molecule has 0 aliphatic carbocycles. The van der Waals surface area contributed by atoms with Gasteiger partial charge in [-0.05, 0) is 32.3 Å². The monoisotopic (exact) mass is 466 g/mol. The van der Waals surface area contributed by atoms with E-state index in [9.17, 15) is 13.2 Å². The van der Waals surface area contributed by atoms with Crippen molar-refractivity contribution in [3.63, 3.8) is 0 Å². The summed E-state index contributed by atoms with van der Waals surface area (Å²) in [5.74, 6) is -0.235. The number of benzene rings is 2. The molecule has 2 aromatic carbocycles. The first-order valence-electron chi connectivity index (χ1n) is 11.1. The summed E-state index contributed by atoms with van der Waals surface area (Å²) in [7, 11) is -3.28. The fourth-order valence-corrected chi connectivity index (χ4v) is 5.01. The average molecular weight is 467 g/mol. The molecule has 3 aromatic rings. The Hall–Kier alpha value is -2.97. The van der Waals surface area contributed by atoms with E-state index in [1.807, 2.05) is 38.1 Å². The molecule has 0 saturated carbocycles. The molecule has 0 spiro atoms. The molecular weight excluding hydrogens is 436 g/mol. The lowest BCUT2D eigenvalue weighted by atomic mass is 10.0. The topological polar surface area (TPSA) is 84.3 Å². The van der Waals surface area contributed by atoms with Crippen LogP contribution in [0.3, 0.4) is 0 Å². The van der Waals surface area contributed by atoms with Gasteiger partial charge in [-0.3, -0.25) is 9.48 Å². The highest BCUT2D eigenvalue weighted by molar-refractivity contribution is 7.88. The maximum absolute atomic E-state index is 13.3. The van der Waals surface area contributed by atoms with Crippen LogP contribution in [0.15, 0.2) is 54.7 Å². The summed E-state index contributed by atoms with van der Waals surface area (Å²) >= 11 is 0. The van der Waals surface area contributed by atoms with Gasteiger partial charge >= 0.3 is 0 Å². The van der Waals surface area contributed by atoms with Crippen LogP contribution in [0.5, 0.6) is 0 Å². The summed E-state index contributed by atoms with van der Waals surface area (Å²) in [6, 6.07) is 15.9. The molecule has 8 heteroatoms. The summed E-state index contributed by atoms with van der Waals surface area (Å²) in [4.78, 5) is 13.3. The second-order valence-electron chi connectivity index (χ2n) is 8.87. The van der Waals surface area contributed by atoms with Crippen LogP contribution in [0.1, 0.15) is 39.9 Å². The van der Waals surface area contributed by atoms with Gasteiger partial charge in [0.15, 0.2) is 0 Å². The van der Waals surface area contributed by atoms with Gasteiger partial charge in [0, 0.05) is 30.9 Å². The second-order valence-corrected chi connectivity index (χ2v) is 10.9. The number of carbonyl (C=O) groups excluding carboxylic acids is 1. The van der Waals surface area contributed by atoms with Gasteiger partial charge in [-0.2, -0.15) is 5.10 Å². The van der Waals surface area contributed by atoms with Crippen molar-refractivity contribution in [1.82, 2.24) is 19.4 Å². The van der Waals surface area contributed by atoms with Gasteiger partial charge in [0.25, 0.3) is 5.91 Å². The van der Waals surface area contributed by atoms with Crippen LogP contribution in [-0.4, -0.2) is 53.8 Å². The predicted molar refractivity (Wildman–Crippen MR) is 130 cm³/mol. The second kappa shape index (κ2) is 9.49. The molecule has 1 aromatic heterocycles. The first kappa shape index (κ1) is 23.2. The summed E-state index contributed by atoms with van der Waals surface area (Å²) in [5, 5.41) is 7.79. The predicted octanol–water partition coefficient (Wildman–Crippen LogP) is 3.37. The quantitative estimate of drug-likeness (QED) is 0.604. The largest absolute Gasteiger partial charge is 0.348 e. The Morgan fingerprint density at radius 1 is 1.06 bits per heavy atom. The molecule has 1 atom stereocenters. The Balaban J connectivity index is 1.60.